The summed E-state index contributed by atoms with van der Waals surface area (Å²) in [5.74, 6) is -0.430. The van der Waals surface area contributed by atoms with Gasteiger partial charge in [0.2, 0.25) is 5.91 Å². The molecule has 8 heteroatoms. The Morgan fingerprint density at radius 1 is 1.22 bits per heavy atom. The van der Waals surface area contributed by atoms with Crippen LogP contribution in [0, 0.1) is 0 Å². The van der Waals surface area contributed by atoms with Crippen molar-refractivity contribution in [1.29, 1.82) is 0 Å². The van der Waals surface area contributed by atoms with Crippen molar-refractivity contribution in [3.05, 3.63) is 28.8 Å². The Labute approximate surface area is 140 Å². The SMILES string of the molecule is CNC(=O)c1ccc(NC(=O)NCCC(=O)NC(C)C)cc1Cl. The smallest absolute Gasteiger partial charge is 0.319 e. The normalized spacial score (nSPS) is 10.1. The molecule has 0 heterocycles. The van der Waals surface area contributed by atoms with Gasteiger partial charge in [-0.3, -0.25) is 9.59 Å². The number of carbonyl (C=O) groups excluding carboxylic acids is 3. The number of hydrogen-bond donors (Lipinski definition) is 4. The molecule has 23 heavy (non-hydrogen) atoms. The van der Waals surface area contributed by atoms with Gasteiger partial charge in [0.25, 0.3) is 5.91 Å². The van der Waals surface area contributed by atoms with E-state index in [1.165, 1.54) is 19.2 Å². The number of rotatable bonds is 6. The zero-order valence-electron chi connectivity index (χ0n) is 13.3. The number of carbonyl (C=O) groups is 3. The Bertz CT molecular complexity index is 590. The molecule has 1 rings (SSSR count). The van der Waals surface area contributed by atoms with Crippen LogP contribution in [0.1, 0.15) is 30.6 Å². The molecule has 1 aromatic carbocycles. The van der Waals surface area contributed by atoms with Gasteiger partial charge in [-0.1, -0.05) is 11.6 Å². The van der Waals surface area contributed by atoms with Gasteiger partial charge in [0, 0.05) is 31.7 Å². The summed E-state index contributed by atoms with van der Waals surface area (Å²) in [6, 6.07) is 4.19. The molecule has 0 fully saturated rings. The van der Waals surface area contributed by atoms with Crippen LogP contribution in [-0.2, 0) is 4.79 Å². The maximum atomic E-state index is 11.7. The summed E-state index contributed by atoms with van der Waals surface area (Å²) in [4.78, 5) is 34.7. The van der Waals surface area contributed by atoms with E-state index >= 15 is 0 Å². The molecule has 0 saturated heterocycles. The van der Waals surface area contributed by atoms with Crippen LogP contribution in [0.15, 0.2) is 18.2 Å². The highest BCUT2D eigenvalue weighted by atomic mass is 35.5. The van der Waals surface area contributed by atoms with Crippen molar-refractivity contribution < 1.29 is 14.4 Å². The first-order valence-electron chi connectivity index (χ1n) is 7.19. The fraction of sp³-hybridized carbons (Fsp3) is 0.400. The number of benzene rings is 1. The quantitative estimate of drug-likeness (QED) is 0.634. The third kappa shape index (κ3) is 6.56. The van der Waals surface area contributed by atoms with Gasteiger partial charge in [-0.2, -0.15) is 0 Å². The van der Waals surface area contributed by atoms with Gasteiger partial charge < -0.3 is 21.3 Å². The number of anilines is 1. The van der Waals surface area contributed by atoms with Crippen molar-refractivity contribution >= 4 is 35.1 Å². The molecule has 0 aromatic heterocycles. The van der Waals surface area contributed by atoms with E-state index in [2.05, 4.69) is 21.3 Å². The van der Waals surface area contributed by atoms with E-state index in [0.29, 0.717) is 11.3 Å². The highest BCUT2D eigenvalue weighted by Crippen LogP contribution is 2.20. The number of amides is 4. The Hall–Kier alpha value is -2.28. The van der Waals surface area contributed by atoms with Crippen LogP contribution in [0.25, 0.3) is 0 Å². The van der Waals surface area contributed by atoms with Gasteiger partial charge in [0.1, 0.15) is 0 Å². The molecular weight excluding hydrogens is 320 g/mol. The predicted molar refractivity (Wildman–Crippen MR) is 89.8 cm³/mol. The molecular formula is C15H21ClN4O3. The molecule has 1 aromatic rings. The van der Waals surface area contributed by atoms with E-state index in [-0.39, 0.29) is 35.8 Å². The van der Waals surface area contributed by atoms with Gasteiger partial charge in [-0.25, -0.2) is 4.79 Å². The summed E-state index contributed by atoms with van der Waals surface area (Å²) < 4.78 is 0. The Morgan fingerprint density at radius 2 is 1.91 bits per heavy atom. The first kappa shape index (κ1) is 18.8. The van der Waals surface area contributed by atoms with Gasteiger partial charge in [0.15, 0.2) is 0 Å². The first-order chi connectivity index (χ1) is 10.8. The van der Waals surface area contributed by atoms with E-state index in [1.807, 2.05) is 13.8 Å². The largest absolute Gasteiger partial charge is 0.355 e. The minimum absolute atomic E-state index is 0.0669. The maximum Gasteiger partial charge on any atom is 0.319 e. The van der Waals surface area contributed by atoms with Crippen molar-refractivity contribution in [2.45, 2.75) is 26.3 Å². The standard InChI is InChI=1S/C15H21ClN4O3/c1-9(2)19-13(21)6-7-18-15(23)20-10-4-5-11(12(16)8-10)14(22)17-3/h4-5,8-9H,6-7H2,1-3H3,(H,17,22)(H,19,21)(H2,18,20,23). The lowest BCUT2D eigenvalue weighted by Gasteiger charge is -2.10. The monoisotopic (exact) mass is 340 g/mol. The molecule has 126 valence electrons. The van der Waals surface area contributed by atoms with E-state index in [1.54, 1.807) is 6.07 Å². The molecule has 0 radical (unpaired) electrons. The van der Waals surface area contributed by atoms with E-state index in [9.17, 15) is 14.4 Å². The zero-order chi connectivity index (χ0) is 17.4. The van der Waals surface area contributed by atoms with Crippen molar-refractivity contribution in [2.75, 3.05) is 18.9 Å². The lowest BCUT2D eigenvalue weighted by molar-refractivity contribution is -0.121. The first-order valence-corrected chi connectivity index (χ1v) is 7.57. The van der Waals surface area contributed by atoms with Gasteiger partial charge in [-0.05, 0) is 32.0 Å². The highest BCUT2D eigenvalue weighted by Gasteiger charge is 2.10. The molecule has 0 atom stereocenters. The van der Waals surface area contributed by atoms with Crippen LogP contribution >= 0.6 is 11.6 Å². The molecule has 4 amide bonds. The molecule has 0 spiro atoms. The van der Waals surface area contributed by atoms with Gasteiger partial charge in [-0.15, -0.1) is 0 Å². The average Bonchev–Trinajstić information content (AvgIpc) is 2.45. The van der Waals surface area contributed by atoms with Crippen LogP contribution in [0.2, 0.25) is 5.02 Å². The molecule has 0 unspecified atom stereocenters. The van der Waals surface area contributed by atoms with E-state index < -0.39 is 6.03 Å². The van der Waals surface area contributed by atoms with Crippen LogP contribution < -0.4 is 21.3 Å². The fourth-order valence-corrected chi connectivity index (χ4v) is 2.04. The minimum atomic E-state index is -0.453. The number of urea groups is 1. The average molecular weight is 341 g/mol. The molecule has 4 N–H and O–H groups in total. The van der Waals surface area contributed by atoms with E-state index in [0.717, 1.165) is 0 Å². The lowest BCUT2D eigenvalue weighted by Crippen LogP contribution is -2.35. The number of nitrogens with one attached hydrogen (secondary N) is 4. The maximum absolute atomic E-state index is 11.7. The number of hydrogen-bond acceptors (Lipinski definition) is 3. The third-order valence-corrected chi connectivity index (χ3v) is 3.10. The van der Waals surface area contributed by atoms with E-state index in [4.69, 9.17) is 11.6 Å². The summed E-state index contributed by atoms with van der Waals surface area (Å²) in [5, 5.41) is 10.6. The van der Waals surface area contributed by atoms with Crippen LogP contribution in [0.4, 0.5) is 10.5 Å². The van der Waals surface area contributed by atoms with Gasteiger partial charge in [0.05, 0.1) is 10.6 Å². The van der Waals surface area contributed by atoms with Crippen LogP contribution in [0.3, 0.4) is 0 Å². The molecule has 0 aliphatic carbocycles. The van der Waals surface area contributed by atoms with Crippen molar-refractivity contribution in [3.8, 4) is 0 Å². The lowest BCUT2D eigenvalue weighted by atomic mass is 10.2. The second kappa shape index (κ2) is 8.99. The molecule has 0 aliphatic heterocycles. The summed E-state index contributed by atoms with van der Waals surface area (Å²) in [6.45, 7) is 3.95. The zero-order valence-corrected chi connectivity index (χ0v) is 14.1. The molecule has 7 nitrogen and oxygen atoms in total. The summed E-state index contributed by atoms with van der Waals surface area (Å²) >= 11 is 6.00. The fourth-order valence-electron chi connectivity index (χ4n) is 1.77. The predicted octanol–water partition coefficient (Wildman–Crippen LogP) is 1.74. The number of halogens is 1. The summed E-state index contributed by atoms with van der Waals surface area (Å²) in [6.07, 6.45) is 0.196. The summed E-state index contributed by atoms with van der Waals surface area (Å²) in [5.41, 5.74) is 0.775. The highest BCUT2D eigenvalue weighted by molar-refractivity contribution is 6.34. The third-order valence-electron chi connectivity index (χ3n) is 2.79. The second-order valence-electron chi connectivity index (χ2n) is 5.13. The molecule has 0 saturated carbocycles. The van der Waals surface area contributed by atoms with Crippen molar-refractivity contribution in [3.63, 3.8) is 0 Å². The Morgan fingerprint density at radius 3 is 2.48 bits per heavy atom. The van der Waals surface area contributed by atoms with Crippen molar-refractivity contribution in [2.24, 2.45) is 0 Å². The van der Waals surface area contributed by atoms with Crippen LogP contribution in [0.5, 0.6) is 0 Å². The Kier molecular flexibility index (Phi) is 7.34. The minimum Gasteiger partial charge on any atom is -0.355 e. The van der Waals surface area contributed by atoms with Gasteiger partial charge >= 0.3 is 6.03 Å². The van der Waals surface area contributed by atoms with Crippen molar-refractivity contribution in [1.82, 2.24) is 16.0 Å². The van der Waals surface area contributed by atoms with Crippen LogP contribution in [-0.4, -0.2) is 37.5 Å². The Balaban J connectivity index is 2.47. The molecule has 0 aliphatic rings. The second-order valence-corrected chi connectivity index (χ2v) is 5.53. The molecule has 0 bridgehead atoms. The summed E-state index contributed by atoms with van der Waals surface area (Å²) in [7, 11) is 1.51. The topological polar surface area (TPSA) is 99.3 Å².